The van der Waals surface area contributed by atoms with Crippen LogP contribution < -0.4 is 9.50 Å². The van der Waals surface area contributed by atoms with Gasteiger partial charge in [-0.3, -0.25) is 0 Å². The van der Waals surface area contributed by atoms with Crippen LogP contribution in [0.2, 0.25) is 18.1 Å². The second-order valence-corrected chi connectivity index (χ2v) is 18.4. The maximum Gasteiger partial charge on any atom is 0.534 e. The molecule has 9 nitrogen and oxygen atoms in total. The second kappa shape index (κ2) is 10.4. The molecule has 3 aromatic rings. The summed E-state index contributed by atoms with van der Waals surface area (Å²) in [5.41, 5.74) is -5.19. The normalized spacial score (nSPS) is 13.5. The number of benzene rings is 1. The van der Waals surface area contributed by atoms with Crippen LogP contribution in [0, 0.1) is 0 Å². The number of fused-ring (bicyclic) bond motifs is 1. The van der Waals surface area contributed by atoms with Gasteiger partial charge in [-0.05, 0) is 54.5 Å². The number of pyridine rings is 2. The summed E-state index contributed by atoms with van der Waals surface area (Å²) in [6.07, 6.45) is 2.39. The average Bonchev–Trinajstić information content (AvgIpc) is 2.78. The van der Waals surface area contributed by atoms with E-state index in [0.717, 1.165) is 6.20 Å². The number of aromatic nitrogens is 2. The molecule has 15 heteroatoms. The third kappa shape index (κ3) is 6.81. The summed E-state index contributed by atoms with van der Waals surface area (Å²) in [6.45, 7) is 10.4. The van der Waals surface area contributed by atoms with Crippen molar-refractivity contribution in [2.45, 2.75) is 49.3 Å². The summed E-state index contributed by atoms with van der Waals surface area (Å²) in [5, 5.41) is 3.11. The molecule has 3 rings (SSSR count). The van der Waals surface area contributed by atoms with Gasteiger partial charge in [-0.25, -0.2) is 18.4 Å². The van der Waals surface area contributed by atoms with E-state index in [0.29, 0.717) is 11.1 Å². The lowest BCUT2D eigenvalue weighted by Gasteiger charge is -2.36. The molecule has 0 spiro atoms. The van der Waals surface area contributed by atoms with Gasteiger partial charge in [-0.1, -0.05) is 20.8 Å². The molecule has 0 aliphatic carbocycles. The number of anilines is 2. The van der Waals surface area contributed by atoms with E-state index in [2.05, 4.69) is 40.2 Å². The zero-order valence-electron chi connectivity index (χ0n) is 21.3. The van der Waals surface area contributed by atoms with Gasteiger partial charge >= 0.3 is 15.6 Å². The van der Waals surface area contributed by atoms with Gasteiger partial charge in [0.1, 0.15) is 5.82 Å². The summed E-state index contributed by atoms with van der Waals surface area (Å²) < 4.78 is 96.9. The number of nitrogens with one attached hydrogen (secondary N) is 1. The van der Waals surface area contributed by atoms with Crippen molar-refractivity contribution in [1.82, 2.24) is 9.97 Å². The van der Waals surface area contributed by atoms with Gasteiger partial charge in [0.25, 0.3) is 0 Å². The number of hydrogen-bond donors (Lipinski definition) is 1. The molecule has 0 saturated heterocycles. The number of sulfone groups is 1. The van der Waals surface area contributed by atoms with Crippen molar-refractivity contribution < 1.29 is 38.6 Å². The molecule has 0 fully saturated rings. The zero-order chi connectivity index (χ0) is 28.6. The fourth-order valence-electron chi connectivity index (χ4n) is 2.96. The van der Waals surface area contributed by atoms with Crippen LogP contribution in [0.5, 0.6) is 5.88 Å². The van der Waals surface area contributed by atoms with Gasteiger partial charge in [-0.2, -0.15) is 21.6 Å². The van der Waals surface area contributed by atoms with E-state index in [9.17, 15) is 30.0 Å². The maximum absolute atomic E-state index is 12.8. The van der Waals surface area contributed by atoms with E-state index in [1.165, 1.54) is 42.6 Å². The Morgan fingerprint density at radius 3 is 2.18 bits per heavy atom. The van der Waals surface area contributed by atoms with Gasteiger partial charge < -0.3 is 13.9 Å². The van der Waals surface area contributed by atoms with Crippen molar-refractivity contribution in [3.63, 3.8) is 0 Å². The highest BCUT2D eigenvalue weighted by Gasteiger charge is 2.49. The first-order valence-electron chi connectivity index (χ1n) is 11.3. The number of nitrogens with zero attached hydrogens (tertiary/aromatic N) is 2. The molecule has 0 radical (unpaired) electrons. The molecule has 2 aromatic heterocycles. The first kappa shape index (κ1) is 29.8. The minimum Gasteiger partial charge on any atom is -0.416 e. The van der Waals surface area contributed by atoms with Gasteiger partial charge in [0.05, 0.1) is 16.0 Å². The van der Waals surface area contributed by atoms with E-state index >= 15 is 0 Å². The Labute approximate surface area is 220 Å². The smallest absolute Gasteiger partial charge is 0.416 e. The SMILES string of the molecule is CC(C)(C)[Si](C)(C)OCCS(=O)(=O)c1ccc(Nc2cc3c(OS(=O)(=O)C(F)(F)F)nccc3cn2)cc1. The lowest BCUT2D eigenvalue weighted by molar-refractivity contribution is -0.0500. The predicted octanol–water partition coefficient (Wildman–Crippen LogP) is 5.40. The number of rotatable bonds is 9. The summed E-state index contributed by atoms with van der Waals surface area (Å²) >= 11 is 0. The predicted molar refractivity (Wildman–Crippen MR) is 140 cm³/mol. The summed E-state index contributed by atoms with van der Waals surface area (Å²) in [6, 6.07) is 8.53. The number of halogens is 3. The van der Waals surface area contributed by atoms with E-state index in [1.54, 1.807) is 0 Å². The monoisotopic (exact) mass is 591 g/mol. The molecule has 0 atom stereocenters. The summed E-state index contributed by atoms with van der Waals surface area (Å²) in [4.78, 5) is 7.86. The Balaban J connectivity index is 1.76. The Hall–Kier alpha value is -2.75. The molecule has 0 aliphatic heterocycles. The highest BCUT2D eigenvalue weighted by atomic mass is 32.2. The molecular formula is C23H28F3N3O6S2Si. The van der Waals surface area contributed by atoms with Crippen molar-refractivity contribution >= 4 is 50.6 Å². The lowest BCUT2D eigenvalue weighted by Crippen LogP contribution is -2.41. The van der Waals surface area contributed by atoms with Crippen LogP contribution in [0.3, 0.4) is 0 Å². The minimum atomic E-state index is -5.92. The maximum atomic E-state index is 12.8. The van der Waals surface area contributed by atoms with Gasteiger partial charge in [-0.15, -0.1) is 0 Å². The molecule has 0 saturated carbocycles. The quantitative estimate of drug-likeness (QED) is 0.198. The molecule has 2 heterocycles. The minimum absolute atomic E-state index is 0.0289. The zero-order valence-corrected chi connectivity index (χ0v) is 24.0. The molecule has 0 unspecified atom stereocenters. The molecule has 0 bridgehead atoms. The molecule has 208 valence electrons. The van der Waals surface area contributed by atoms with E-state index in [4.69, 9.17) is 4.43 Å². The summed E-state index contributed by atoms with van der Waals surface area (Å²) in [5.74, 6) is -0.792. The third-order valence-electron chi connectivity index (χ3n) is 6.19. The van der Waals surface area contributed by atoms with Crippen molar-refractivity contribution in [2.75, 3.05) is 17.7 Å². The first-order chi connectivity index (χ1) is 17.3. The van der Waals surface area contributed by atoms with Crippen molar-refractivity contribution in [3.8, 4) is 5.88 Å². The van der Waals surface area contributed by atoms with Crippen molar-refractivity contribution in [1.29, 1.82) is 0 Å². The van der Waals surface area contributed by atoms with Crippen LogP contribution in [-0.2, 0) is 24.4 Å². The van der Waals surface area contributed by atoms with Crippen molar-refractivity contribution in [3.05, 3.63) is 48.8 Å². The fraction of sp³-hybridized carbons (Fsp3) is 0.391. The lowest BCUT2D eigenvalue weighted by atomic mass is 10.2. The van der Waals surface area contributed by atoms with Crippen LogP contribution in [0.4, 0.5) is 24.7 Å². The highest BCUT2D eigenvalue weighted by molar-refractivity contribution is 7.91. The number of hydrogen-bond acceptors (Lipinski definition) is 9. The van der Waals surface area contributed by atoms with Gasteiger partial charge in [0, 0.05) is 30.1 Å². The first-order valence-corrected chi connectivity index (χ1v) is 17.3. The molecule has 1 N–H and O–H groups in total. The Bertz CT molecular complexity index is 1520. The molecule has 1 aromatic carbocycles. The standard InChI is InChI=1S/C23H28F3N3O6S2Si/c1-22(2,3)38(4,5)34-12-13-36(30,31)18-8-6-17(7-9-18)29-20-14-19-16(15-28-20)10-11-27-21(19)35-37(32,33)23(24,25)26/h6-11,14-15H,12-13H2,1-5H3,(H,28,29). The fourth-order valence-corrected chi connectivity index (χ4v) is 5.68. The van der Waals surface area contributed by atoms with E-state index in [1.807, 2.05) is 13.1 Å². The molecular weight excluding hydrogens is 563 g/mol. The van der Waals surface area contributed by atoms with Crippen LogP contribution in [0.1, 0.15) is 20.8 Å². The van der Waals surface area contributed by atoms with Crippen LogP contribution in [-0.4, -0.2) is 53.0 Å². The highest BCUT2D eigenvalue weighted by Crippen LogP contribution is 2.36. The Kier molecular flexibility index (Phi) is 8.18. The second-order valence-electron chi connectivity index (χ2n) is 9.97. The topological polar surface area (TPSA) is 125 Å². The molecule has 0 amide bonds. The Morgan fingerprint density at radius 1 is 0.974 bits per heavy atom. The summed E-state index contributed by atoms with van der Waals surface area (Å²) in [7, 11) is -11.6. The third-order valence-corrected chi connectivity index (χ3v) is 13.4. The van der Waals surface area contributed by atoms with Crippen LogP contribution in [0.15, 0.2) is 53.7 Å². The van der Waals surface area contributed by atoms with Crippen LogP contribution in [0.25, 0.3) is 10.8 Å². The van der Waals surface area contributed by atoms with Crippen LogP contribution >= 0.6 is 0 Å². The van der Waals surface area contributed by atoms with Gasteiger partial charge in [0.15, 0.2) is 18.2 Å². The largest absolute Gasteiger partial charge is 0.534 e. The van der Waals surface area contributed by atoms with E-state index < -0.39 is 39.7 Å². The van der Waals surface area contributed by atoms with Gasteiger partial charge in [0.2, 0.25) is 5.88 Å². The Morgan fingerprint density at radius 2 is 1.61 bits per heavy atom. The van der Waals surface area contributed by atoms with E-state index in [-0.39, 0.29) is 33.5 Å². The van der Waals surface area contributed by atoms with Crippen molar-refractivity contribution in [2.24, 2.45) is 0 Å². The average molecular weight is 592 g/mol. The molecule has 0 aliphatic rings. The number of alkyl halides is 3. The molecule has 38 heavy (non-hydrogen) atoms.